The van der Waals surface area contributed by atoms with Gasteiger partial charge in [-0.15, -0.1) is 0 Å². The van der Waals surface area contributed by atoms with Crippen molar-refractivity contribution < 1.29 is 9.47 Å². The fraction of sp³-hybridized carbons (Fsp3) is 0.125. The molecule has 0 bridgehead atoms. The summed E-state index contributed by atoms with van der Waals surface area (Å²) in [6.07, 6.45) is 1.95. The van der Waals surface area contributed by atoms with E-state index in [-0.39, 0.29) is 6.10 Å². The number of hydrogen-bond acceptors (Lipinski definition) is 2. The molecule has 1 unspecified atom stereocenters. The van der Waals surface area contributed by atoms with Crippen molar-refractivity contribution in [3.8, 4) is 11.5 Å². The van der Waals surface area contributed by atoms with Gasteiger partial charge in [0.2, 0.25) is 0 Å². The Labute approximate surface area is 106 Å². The normalized spacial score (nSPS) is 19.8. The summed E-state index contributed by atoms with van der Waals surface area (Å²) in [7, 11) is 0. The van der Waals surface area contributed by atoms with E-state index in [1.165, 1.54) is 0 Å². The molecule has 0 aliphatic carbocycles. The van der Waals surface area contributed by atoms with Crippen molar-refractivity contribution in [3.63, 3.8) is 0 Å². The van der Waals surface area contributed by atoms with Crippen LogP contribution in [0.25, 0.3) is 6.08 Å². The van der Waals surface area contributed by atoms with Gasteiger partial charge in [0.05, 0.1) is 0 Å². The summed E-state index contributed by atoms with van der Waals surface area (Å²) in [6.45, 7) is 1.99. The molecule has 1 aliphatic rings. The van der Waals surface area contributed by atoms with E-state index in [9.17, 15) is 0 Å². The summed E-state index contributed by atoms with van der Waals surface area (Å²) < 4.78 is 11.7. The van der Waals surface area contributed by atoms with E-state index in [0.717, 1.165) is 22.8 Å². The molecule has 3 rings (SSSR count). The molecule has 0 radical (unpaired) electrons. The summed E-state index contributed by atoms with van der Waals surface area (Å²) >= 11 is 0. The Morgan fingerprint density at radius 3 is 2.33 bits per heavy atom. The SMILES string of the molecule is CC1Oc2ccccc2O/C1=C\c1ccccc1. The molecule has 0 saturated carbocycles. The first-order valence-corrected chi connectivity index (χ1v) is 6.03. The zero-order valence-corrected chi connectivity index (χ0v) is 10.2. The average molecular weight is 238 g/mol. The molecule has 90 valence electrons. The lowest BCUT2D eigenvalue weighted by molar-refractivity contribution is 0.163. The zero-order valence-electron chi connectivity index (χ0n) is 10.2. The molecule has 0 amide bonds. The molecular weight excluding hydrogens is 224 g/mol. The van der Waals surface area contributed by atoms with Crippen LogP contribution < -0.4 is 9.47 Å². The van der Waals surface area contributed by atoms with E-state index >= 15 is 0 Å². The molecule has 2 aromatic rings. The van der Waals surface area contributed by atoms with Gasteiger partial charge in [0.25, 0.3) is 0 Å². The highest BCUT2D eigenvalue weighted by atomic mass is 16.6. The third-order valence-electron chi connectivity index (χ3n) is 2.89. The quantitative estimate of drug-likeness (QED) is 0.750. The van der Waals surface area contributed by atoms with Gasteiger partial charge in [-0.2, -0.15) is 0 Å². The highest BCUT2D eigenvalue weighted by molar-refractivity contribution is 5.55. The van der Waals surface area contributed by atoms with Gasteiger partial charge in [0.15, 0.2) is 17.6 Å². The minimum absolute atomic E-state index is 0.0693. The first-order chi connectivity index (χ1) is 8.83. The lowest BCUT2D eigenvalue weighted by Gasteiger charge is -2.26. The third kappa shape index (κ3) is 2.09. The van der Waals surface area contributed by atoms with Crippen molar-refractivity contribution in [1.29, 1.82) is 0 Å². The second-order valence-corrected chi connectivity index (χ2v) is 4.27. The maximum Gasteiger partial charge on any atom is 0.169 e. The molecule has 0 N–H and O–H groups in total. The van der Waals surface area contributed by atoms with E-state index in [1.807, 2.05) is 67.6 Å². The van der Waals surface area contributed by atoms with Gasteiger partial charge in [-0.05, 0) is 30.7 Å². The monoisotopic (exact) mass is 238 g/mol. The summed E-state index contributed by atoms with van der Waals surface area (Å²) in [5.41, 5.74) is 1.11. The van der Waals surface area contributed by atoms with E-state index < -0.39 is 0 Å². The summed E-state index contributed by atoms with van der Waals surface area (Å²) in [5, 5.41) is 0. The average Bonchev–Trinajstić information content (AvgIpc) is 2.41. The molecule has 1 aliphatic heterocycles. The zero-order chi connectivity index (χ0) is 12.4. The molecule has 2 aromatic carbocycles. The van der Waals surface area contributed by atoms with Crippen molar-refractivity contribution in [2.45, 2.75) is 13.0 Å². The number of para-hydroxylation sites is 2. The third-order valence-corrected chi connectivity index (χ3v) is 2.89. The second-order valence-electron chi connectivity index (χ2n) is 4.27. The molecular formula is C16H14O2. The molecule has 1 heterocycles. The molecule has 0 fully saturated rings. The number of ether oxygens (including phenoxy) is 2. The molecule has 2 nitrogen and oxygen atoms in total. The molecule has 0 spiro atoms. The lowest BCUT2D eigenvalue weighted by atomic mass is 10.1. The molecule has 0 aromatic heterocycles. The molecule has 0 saturated heterocycles. The van der Waals surface area contributed by atoms with E-state index in [2.05, 4.69) is 0 Å². The highest BCUT2D eigenvalue weighted by Crippen LogP contribution is 2.35. The number of benzene rings is 2. The summed E-state index contributed by atoms with van der Waals surface area (Å²) in [5.74, 6) is 2.41. The van der Waals surface area contributed by atoms with Crippen LogP contribution in [0.3, 0.4) is 0 Å². The van der Waals surface area contributed by atoms with Crippen molar-refractivity contribution in [2.24, 2.45) is 0 Å². The Morgan fingerprint density at radius 1 is 0.889 bits per heavy atom. The fourth-order valence-electron chi connectivity index (χ4n) is 1.95. The molecule has 2 heteroatoms. The van der Waals surface area contributed by atoms with Crippen LogP contribution in [0.1, 0.15) is 12.5 Å². The summed E-state index contributed by atoms with van der Waals surface area (Å²) in [4.78, 5) is 0. The molecule has 1 atom stereocenters. The van der Waals surface area contributed by atoms with Gasteiger partial charge >= 0.3 is 0 Å². The smallest absolute Gasteiger partial charge is 0.169 e. The topological polar surface area (TPSA) is 18.5 Å². The van der Waals surface area contributed by atoms with Crippen LogP contribution in [-0.2, 0) is 0 Å². The van der Waals surface area contributed by atoms with Crippen molar-refractivity contribution in [1.82, 2.24) is 0 Å². The number of rotatable bonds is 1. The van der Waals surface area contributed by atoms with E-state index in [4.69, 9.17) is 9.47 Å². The first-order valence-electron chi connectivity index (χ1n) is 6.03. The Hall–Kier alpha value is -2.22. The van der Waals surface area contributed by atoms with E-state index in [1.54, 1.807) is 0 Å². The second kappa shape index (κ2) is 4.57. The van der Waals surface area contributed by atoms with Gasteiger partial charge in [0, 0.05) is 0 Å². The predicted octanol–water partition coefficient (Wildman–Crippen LogP) is 3.89. The van der Waals surface area contributed by atoms with Crippen LogP contribution in [0.4, 0.5) is 0 Å². The van der Waals surface area contributed by atoms with Crippen LogP contribution in [0.5, 0.6) is 11.5 Å². The van der Waals surface area contributed by atoms with Crippen LogP contribution in [0.2, 0.25) is 0 Å². The van der Waals surface area contributed by atoms with Gasteiger partial charge in [-0.3, -0.25) is 0 Å². The predicted molar refractivity (Wildman–Crippen MR) is 71.6 cm³/mol. The van der Waals surface area contributed by atoms with Crippen molar-refractivity contribution in [2.75, 3.05) is 0 Å². The van der Waals surface area contributed by atoms with Crippen LogP contribution in [-0.4, -0.2) is 6.10 Å². The van der Waals surface area contributed by atoms with Crippen molar-refractivity contribution in [3.05, 3.63) is 65.9 Å². The van der Waals surface area contributed by atoms with Crippen LogP contribution >= 0.6 is 0 Å². The Bertz CT molecular complexity index is 573. The van der Waals surface area contributed by atoms with Crippen molar-refractivity contribution >= 4 is 6.08 Å². The van der Waals surface area contributed by atoms with Gasteiger partial charge < -0.3 is 9.47 Å². The Morgan fingerprint density at radius 2 is 1.56 bits per heavy atom. The summed E-state index contributed by atoms with van der Waals surface area (Å²) in [6, 6.07) is 17.8. The minimum atomic E-state index is -0.0693. The van der Waals surface area contributed by atoms with Gasteiger partial charge in [0.1, 0.15) is 5.76 Å². The Kier molecular flexibility index (Phi) is 2.77. The lowest BCUT2D eigenvalue weighted by Crippen LogP contribution is -2.23. The first kappa shape index (κ1) is 10.9. The van der Waals surface area contributed by atoms with E-state index in [0.29, 0.717) is 0 Å². The number of fused-ring (bicyclic) bond motifs is 1. The fourth-order valence-corrected chi connectivity index (χ4v) is 1.95. The number of hydrogen-bond donors (Lipinski definition) is 0. The standard InChI is InChI=1S/C16H14O2/c1-12-16(11-13-7-3-2-4-8-13)18-15-10-6-5-9-14(15)17-12/h2-12H,1H3/b16-11-. The highest BCUT2D eigenvalue weighted by Gasteiger charge is 2.22. The van der Waals surface area contributed by atoms with Gasteiger partial charge in [-0.1, -0.05) is 42.5 Å². The molecule has 18 heavy (non-hydrogen) atoms. The minimum Gasteiger partial charge on any atom is -0.479 e. The maximum absolute atomic E-state index is 5.88. The Balaban J connectivity index is 1.94. The maximum atomic E-state index is 5.88. The van der Waals surface area contributed by atoms with Crippen LogP contribution in [0, 0.1) is 0 Å². The van der Waals surface area contributed by atoms with Crippen LogP contribution in [0.15, 0.2) is 60.4 Å². The largest absolute Gasteiger partial charge is 0.479 e. The van der Waals surface area contributed by atoms with Gasteiger partial charge in [-0.25, -0.2) is 0 Å².